The summed E-state index contributed by atoms with van der Waals surface area (Å²) >= 11 is 0. The number of amides is 1. The monoisotopic (exact) mass is 212 g/mol. The van der Waals surface area contributed by atoms with E-state index < -0.39 is 0 Å². The van der Waals surface area contributed by atoms with Crippen LogP contribution in [0.5, 0.6) is 0 Å². The van der Waals surface area contributed by atoms with Gasteiger partial charge in [-0.05, 0) is 26.2 Å². The summed E-state index contributed by atoms with van der Waals surface area (Å²) < 4.78 is 5.18. The van der Waals surface area contributed by atoms with Gasteiger partial charge in [0.2, 0.25) is 5.91 Å². The Morgan fingerprint density at radius 1 is 1.53 bits per heavy atom. The smallest absolute Gasteiger partial charge is 0.224 e. The molecule has 3 unspecified atom stereocenters. The van der Waals surface area contributed by atoms with Crippen molar-refractivity contribution in [2.24, 2.45) is 5.92 Å². The number of carbonyl (C=O) groups is 1. The van der Waals surface area contributed by atoms with Gasteiger partial charge in [0.1, 0.15) is 0 Å². The molecule has 0 aromatic heterocycles. The van der Waals surface area contributed by atoms with Crippen LogP contribution in [0.15, 0.2) is 0 Å². The number of hydrogen-bond acceptors (Lipinski definition) is 3. The van der Waals surface area contributed by atoms with Crippen LogP contribution in [0.3, 0.4) is 0 Å². The Labute approximate surface area is 90.8 Å². The third-order valence-corrected chi connectivity index (χ3v) is 3.39. The van der Waals surface area contributed by atoms with Gasteiger partial charge in [0.15, 0.2) is 0 Å². The molecule has 0 radical (unpaired) electrons. The average molecular weight is 212 g/mol. The number of fused-ring (bicyclic) bond motifs is 2. The zero-order valence-corrected chi connectivity index (χ0v) is 9.29. The molecule has 2 bridgehead atoms. The molecule has 2 saturated heterocycles. The van der Waals surface area contributed by atoms with Crippen LogP contribution in [-0.4, -0.2) is 37.7 Å². The van der Waals surface area contributed by atoms with E-state index in [0.29, 0.717) is 31.8 Å². The summed E-state index contributed by atoms with van der Waals surface area (Å²) in [4.78, 5) is 11.8. The first-order chi connectivity index (χ1) is 7.31. The van der Waals surface area contributed by atoms with Gasteiger partial charge >= 0.3 is 0 Å². The van der Waals surface area contributed by atoms with Crippen LogP contribution in [0, 0.1) is 5.92 Å². The minimum atomic E-state index is 0.199. The second-order valence-electron chi connectivity index (χ2n) is 4.38. The maximum Gasteiger partial charge on any atom is 0.224 e. The van der Waals surface area contributed by atoms with Crippen LogP contribution >= 0.6 is 0 Å². The van der Waals surface area contributed by atoms with Crippen LogP contribution in [0.25, 0.3) is 0 Å². The van der Waals surface area contributed by atoms with Crippen molar-refractivity contribution in [3.8, 4) is 0 Å². The molecule has 0 aliphatic carbocycles. The van der Waals surface area contributed by atoms with Gasteiger partial charge in [-0.1, -0.05) is 0 Å². The minimum Gasteiger partial charge on any atom is -0.380 e. The number of rotatable bonds is 5. The van der Waals surface area contributed by atoms with E-state index in [0.717, 1.165) is 12.8 Å². The first kappa shape index (κ1) is 10.9. The first-order valence-electron chi connectivity index (χ1n) is 5.92. The average Bonchev–Trinajstić information content (AvgIpc) is 2.85. The summed E-state index contributed by atoms with van der Waals surface area (Å²) in [5.74, 6) is 0.403. The summed E-state index contributed by atoms with van der Waals surface area (Å²) in [5.41, 5.74) is 0. The molecule has 4 nitrogen and oxygen atoms in total. The van der Waals surface area contributed by atoms with Crippen molar-refractivity contribution in [3.63, 3.8) is 0 Å². The van der Waals surface area contributed by atoms with Crippen molar-refractivity contribution >= 4 is 5.91 Å². The summed E-state index contributed by atoms with van der Waals surface area (Å²) in [6.07, 6.45) is 3.42. The summed E-state index contributed by atoms with van der Waals surface area (Å²) in [7, 11) is 0. The summed E-state index contributed by atoms with van der Waals surface area (Å²) in [6, 6.07) is 1.03. The standard InChI is InChI=1S/C11H20N2O2/c1-2-15-6-5-12-11(14)9-7-8-3-4-10(9)13-8/h8-10,13H,2-7H2,1H3,(H,12,14). The molecule has 3 atom stereocenters. The molecule has 0 saturated carbocycles. The highest BCUT2D eigenvalue weighted by atomic mass is 16.5. The van der Waals surface area contributed by atoms with Gasteiger partial charge in [0, 0.05) is 25.2 Å². The second-order valence-corrected chi connectivity index (χ2v) is 4.38. The fourth-order valence-corrected chi connectivity index (χ4v) is 2.64. The van der Waals surface area contributed by atoms with Crippen LogP contribution in [0.2, 0.25) is 0 Å². The molecule has 0 aromatic carbocycles. The Kier molecular flexibility index (Phi) is 3.59. The fourth-order valence-electron chi connectivity index (χ4n) is 2.64. The van der Waals surface area contributed by atoms with Crippen molar-refractivity contribution in [1.82, 2.24) is 10.6 Å². The molecule has 2 aliphatic rings. The molecular weight excluding hydrogens is 192 g/mol. The third kappa shape index (κ3) is 2.49. The highest BCUT2D eigenvalue weighted by Gasteiger charge is 2.42. The van der Waals surface area contributed by atoms with E-state index in [2.05, 4.69) is 10.6 Å². The molecule has 2 heterocycles. The molecule has 2 rings (SSSR count). The predicted molar refractivity (Wildman–Crippen MR) is 57.6 cm³/mol. The van der Waals surface area contributed by atoms with E-state index in [-0.39, 0.29) is 11.8 Å². The Morgan fingerprint density at radius 3 is 3.00 bits per heavy atom. The van der Waals surface area contributed by atoms with E-state index in [9.17, 15) is 4.79 Å². The lowest BCUT2D eigenvalue weighted by Crippen LogP contribution is -2.38. The Morgan fingerprint density at radius 2 is 2.40 bits per heavy atom. The van der Waals surface area contributed by atoms with Crippen LogP contribution in [0.4, 0.5) is 0 Å². The van der Waals surface area contributed by atoms with Gasteiger partial charge in [-0.3, -0.25) is 4.79 Å². The van der Waals surface area contributed by atoms with Gasteiger partial charge in [0.05, 0.1) is 12.5 Å². The number of nitrogens with one attached hydrogen (secondary N) is 2. The lowest BCUT2D eigenvalue weighted by atomic mass is 9.88. The number of ether oxygens (including phenoxy) is 1. The zero-order chi connectivity index (χ0) is 10.7. The zero-order valence-electron chi connectivity index (χ0n) is 9.29. The van der Waals surface area contributed by atoms with Gasteiger partial charge in [-0.2, -0.15) is 0 Å². The molecule has 2 aliphatic heterocycles. The first-order valence-corrected chi connectivity index (χ1v) is 5.92. The predicted octanol–water partition coefficient (Wildman–Crippen LogP) is 0.280. The van der Waals surface area contributed by atoms with E-state index in [1.54, 1.807) is 0 Å². The van der Waals surface area contributed by atoms with Gasteiger partial charge < -0.3 is 15.4 Å². The molecule has 2 N–H and O–H groups in total. The summed E-state index contributed by atoms with van der Waals surface area (Å²) in [6.45, 7) is 3.93. The lowest BCUT2D eigenvalue weighted by molar-refractivity contribution is -0.125. The van der Waals surface area contributed by atoms with Crippen LogP contribution < -0.4 is 10.6 Å². The Bertz CT molecular complexity index is 233. The molecule has 1 amide bonds. The molecule has 4 heteroatoms. The minimum absolute atomic E-state index is 0.199. The maximum absolute atomic E-state index is 11.8. The van der Waals surface area contributed by atoms with Gasteiger partial charge in [-0.25, -0.2) is 0 Å². The van der Waals surface area contributed by atoms with Crippen molar-refractivity contribution in [2.45, 2.75) is 38.3 Å². The fraction of sp³-hybridized carbons (Fsp3) is 0.909. The van der Waals surface area contributed by atoms with E-state index in [1.807, 2.05) is 6.92 Å². The molecule has 2 fully saturated rings. The van der Waals surface area contributed by atoms with Crippen LogP contribution in [-0.2, 0) is 9.53 Å². The largest absolute Gasteiger partial charge is 0.380 e. The maximum atomic E-state index is 11.8. The van der Waals surface area contributed by atoms with E-state index >= 15 is 0 Å². The van der Waals surface area contributed by atoms with Crippen molar-refractivity contribution in [1.29, 1.82) is 0 Å². The van der Waals surface area contributed by atoms with Gasteiger partial charge in [0.25, 0.3) is 0 Å². The highest BCUT2D eigenvalue weighted by molar-refractivity contribution is 5.80. The number of carbonyl (C=O) groups excluding carboxylic acids is 1. The van der Waals surface area contributed by atoms with E-state index in [4.69, 9.17) is 4.74 Å². The lowest BCUT2D eigenvalue weighted by Gasteiger charge is -2.19. The van der Waals surface area contributed by atoms with E-state index in [1.165, 1.54) is 6.42 Å². The highest BCUT2D eigenvalue weighted by Crippen LogP contribution is 2.33. The quantitative estimate of drug-likeness (QED) is 0.644. The molecule has 0 aromatic rings. The third-order valence-electron chi connectivity index (χ3n) is 3.39. The van der Waals surface area contributed by atoms with Gasteiger partial charge in [-0.15, -0.1) is 0 Å². The van der Waals surface area contributed by atoms with Crippen LogP contribution in [0.1, 0.15) is 26.2 Å². The molecule has 0 spiro atoms. The SMILES string of the molecule is CCOCCNC(=O)C1CC2CCC1N2. The van der Waals surface area contributed by atoms with Crippen molar-refractivity contribution < 1.29 is 9.53 Å². The topological polar surface area (TPSA) is 50.4 Å². The normalized spacial score (nSPS) is 33.3. The Hall–Kier alpha value is -0.610. The van der Waals surface area contributed by atoms with Crippen molar-refractivity contribution in [2.75, 3.05) is 19.8 Å². The second kappa shape index (κ2) is 4.94. The molecule has 15 heavy (non-hydrogen) atoms. The molecule has 86 valence electrons. The molecular formula is C11H20N2O2. The Balaban J connectivity index is 1.68. The van der Waals surface area contributed by atoms with Crippen molar-refractivity contribution in [3.05, 3.63) is 0 Å². The number of hydrogen-bond donors (Lipinski definition) is 2. The summed E-state index contributed by atoms with van der Waals surface area (Å²) in [5, 5.41) is 6.41.